The van der Waals surface area contributed by atoms with Gasteiger partial charge in [0.05, 0.1) is 41.2 Å². The fourth-order valence-electron chi connectivity index (χ4n) is 3.81. The van der Waals surface area contributed by atoms with Gasteiger partial charge in [-0.05, 0) is 42.5 Å². The molecule has 2 heterocycles. The zero-order valence-corrected chi connectivity index (χ0v) is 20.3. The molecule has 0 saturated carbocycles. The summed E-state index contributed by atoms with van der Waals surface area (Å²) in [6.45, 7) is 3.71. The van der Waals surface area contributed by atoms with Crippen molar-refractivity contribution in [3.8, 4) is 11.5 Å². The summed E-state index contributed by atoms with van der Waals surface area (Å²) in [7, 11) is 0. The Balaban J connectivity index is 1.28. The largest absolute Gasteiger partial charge is 0.454 e. The van der Waals surface area contributed by atoms with Gasteiger partial charge in [-0.1, -0.05) is 11.6 Å². The molecule has 2 amide bonds. The Bertz CT molecular complexity index is 1450. The summed E-state index contributed by atoms with van der Waals surface area (Å²) in [5.41, 5.74) is 2.60. The van der Waals surface area contributed by atoms with E-state index in [1.54, 1.807) is 24.4 Å². The molecule has 190 valence electrons. The number of ether oxygens (including phenoxy) is 2. The zero-order valence-electron chi connectivity index (χ0n) is 19.5. The van der Waals surface area contributed by atoms with Gasteiger partial charge in [0.15, 0.2) is 11.6 Å². The van der Waals surface area contributed by atoms with Gasteiger partial charge in [-0.25, -0.2) is 18.6 Å². The molecular formula is C26H22ClF2N5O3. The number of benzene rings is 3. The lowest BCUT2D eigenvalue weighted by Gasteiger charge is -2.26. The number of aromatic nitrogens is 2. The van der Waals surface area contributed by atoms with E-state index in [0.29, 0.717) is 36.5 Å². The highest BCUT2D eigenvalue weighted by molar-refractivity contribution is 6.30. The number of carbonyl (C=O) groups excluding carboxylic acids is 1. The van der Waals surface area contributed by atoms with Gasteiger partial charge in [0, 0.05) is 43.1 Å². The van der Waals surface area contributed by atoms with Gasteiger partial charge < -0.3 is 20.1 Å². The fourth-order valence-corrected chi connectivity index (χ4v) is 3.93. The molecule has 37 heavy (non-hydrogen) atoms. The highest BCUT2D eigenvalue weighted by atomic mass is 35.5. The molecule has 1 aliphatic rings. The molecule has 0 bridgehead atoms. The number of halogens is 3. The lowest BCUT2D eigenvalue weighted by molar-refractivity contribution is 0.0336. The van der Waals surface area contributed by atoms with E-state index in [9.17, 15) is 13.6 Å². The number of hydrogen-bond donors (Lipinski definition) is 2. The van der Waals surface area contributed by atoms with E-state index in [1.165, 1.54) is 30.3 Å². The molecular weight excluding hydrogens is 504 g/mol. The van der Waals surface area contributed by atoms with Gasteiger partial charge in [-0.15, -0.1) is 0 Å². The molecule has 0 unspecified atom stereocenters. The second-order valence-corrected chi connectivity index (χ2v) is 8.76. The first-order chi connectivity index (χ1) is 17.9. The topological polar surface area (TPSA) is 88.6 Å². The van der Waals surface area contributed by atoms with Crippen LogP contribution in [0.25, 0.3) is 11.0 Å². The number of nitrogens with one attached hydrogen (secondary N) is 2. The highest BCUT2D eigenvalue weighted by Gasteiger charge is 2.14. The number of nitrogens with zero attached hydrogens (tertiary/aromatic N) is 3. The SMILES string of the molecule is O=C(Nc1ccc(Cl)c(F)c1)Nc1ccc(F)c(Oc2ccc3ncc(CN4CCOCC4)nc3c2)c1. The average Bonchev–Trinajstić information content (AvgIpc) is 2.89. The third-order valence-corrected chi connectivity index (χ3v) is 5.95. The molecule has 4 aromatic rings. The summed E-state index contributed by atoms with van der Waals surface area (Å²) < 4.78 is 39.3. The molecule has 1 saturated heterocycles. The maximum absolute atomic E-state index is 14.5. The lowest BCUT2D eigenvalue weighted by atomic mass is 10.2. The number of urea groups is 1. The Morgan fingerprint density at radius 2 is 1.73 bits per heavy atom. The Morgan fingerprint density at radius 3 is 2.51 bits per heavy atom. The highest BCUT2D eigenvalue weighted by Crippen LogP contribution is 2.29. The minimum absolute atomic E-state index is 0.0562. The molecule has 0 aliphatic carbocycles. The van der Waals surface area contributed by atoms with Crippen LogP contribution < -0.4 is 15.4 Å². The van der Waals surface area contributed by atoms with Crippen molar-refractivity contribution in [2.45, 2.75) is 6.54 Å². The van der Waals surface area contributed by atoms with E-state index in [-0.39, 0.29) is 22.1 Å². The average molecular weight is 526 g/mol. The maximum atomic E-state index is 14.5. The standard InChI is InChI=1S/C26H22ClF2N5O3/c27-20-4-1-16(11-22(20)29)32-26(35)33-17-2-5-21(28)25(12-17)37-19-3-6-23-24(13-19)31-18(14-30-23)15-34-7-9-36-10-8-34/h1-6,11-14H,7-10,15H2,(H2,32,33,35). The minimum atomic E-state index is -0.662. The van der Waals surface area contributed by atoms with Crippen molar-refractivity contribution in [1.29, 1.82) is 0 Å². The normalized spacial score (nSPS) is 13.9. The third-order valence-electron chi connectivity index (χ3n) is 5.65. The number of anilines is 2. The van der Waals surface area contributed by atoms with E-state index < -0.39 is 17.7 Å². The Kier molecular flexibility index (Phi) is 7.40. The van der Waals surface area contributed by atoms with Crippen molar-refractivity contribution in [2.75, 3.05) is 36.9 Å². The molecule has 0 radical (unpaired) electrons. The van der Waals surface area contributed by atoms with Crippen LogP contribution in [0.4, 0.5) is 25.0 Å². The molecule has 1 aliphatic heterocycles. The number of fused-ring (bicyclic) bond motifs is 1. The molecule has 5 rings (SSSR count). The van der Waals surface area contributed by atoms with Crippen molar-refractivity contribution < 1.29 is 23.0 Å². The molecule has 1 aromatic heterocycles. The van der Waals surface area contributed by atoms with Crippen LogP contribution in [0, 0.1) is 11.6 Å². The van der Waals surface area contributed by atoms with E-state index in [2.05, 4.69) is 25.5 Å². The molecule has 0 spiro atoms. The monoisotopic (exact) mass is 525 g/mol. The second kappa shape index (κ2) is 11.0. The van der Waals surface area contributed by atoms with Crippen molar-refractivity contribution >= 4 is 40.0 Å². The van der Waals surface area contributed by atoms with Crippen molar-refractivity contribution in [1.82, 2.24) is 14.9 Å². The molecule has 2 N–H and O–H groups in total. The van der Waals surface area contributed by atoms with Gasteiger partial charge in [0.25, 0.3) is 0 Å². The molecule has 8 nitrogen and oxygen atoms in total. The van der Waals surface area contributed by atoms with Crippen LogP contribution in [0.3, 0.4) is 0 Å². The Hall–Kier alpha value is -3.86. The summed E-state index contributed by atoms with van der Waals surface area (Å²) in [6.07, 6.45) is 1.75. The van der Waals surface area contributed by atoms with Crippen LogP contribution in [0.15, 0.2) is 60.8 Å². The van der Waals surface area contributed by atoms with E-state index >= 15 is 0 Å². The van der Waals surface area contributed by atoms with Gasteiger partial charge in [-0.3, -0.25) is 9.88 Å². The molecule has 3 aromatic carbocycles. The van der Waals surface area contributed by atoms with E-state index in [0.717, 1.165) is 24.8 Å². The number of hydrogen-bond acceptors (Lipinski definition) is 6. The predicted octanol–water partition coefficient (Wildman–Crippen LogP) is 5.83. The minimum Gasteiger partial charge on any atom is -0.454 e. The first-order valence-electron chi connectivity index (χ1n) is 11.5. The predicted molar refractivity (Wildman–Crippen MR) is 136 cm³/mol. The first-order valence-corrected chi connectivity index (χ1v) is 11.9. The summed E-state index contributed by atoms with van der Waals surface area (Å²) in [6, 6.07) is 12.2. The smallest absolute Gasteiger partial charge is 0.323 e. The first kappa shape index (κ1) is 24.8. The Labute approximate surface area is 216 Å². The van der Waals surface area contributed by atoms with Crippen molar-refractivity contribution in [2.24, 2.45) is 0 Å². The fraction of sp³-hybridized carbons (Fsp3) is 0.192. The van der Waals surface area contributed by atoms with Crippen LogP contribution in [0.1, 0.15) is 5.69 Å². The number of morpholine rings is 1. The summed E-state index contributed by atoms with van der Waals surface area (Å²) in [5.74, 6) is -1.00. The summed E-state index contributed by atoms with van der Waals surface area (Å²) in [4.78, 5) is 23.7. The van der Waals surface area contributed by atoms with E-state index in [4.69, 9.17) is 21.1 Å². The van der Waals surface area contributed by atoms with Gasteiger partial charge in [-0.2, -0.15) is 0 Å². The van der Waals surface area contributed by atoms with Crippen LogP contribution in [0.5, 0.6) is 11.5 Å². The van der Waals surface area contributed by atoms with Crippen molar-refractivity contribution in [3.63, 3.8) is 0 Å². The summed E-state index contributed by atoms with van der Waals surface area (Å²) >= 11 is 5.66. The van der Waals surface area contributed by atoms with Crippen LogP contribution >= 0.6 is 11.6 Å². The van der Waals surface area contributed by atoms with Crippen LogP contribution in [-0.4, -0.2) is 47.2 Å². The number of amides is 2. The van der Waals surface area contributed by atoms with Crippen LogP contribution in [0.2, 0.25) is 5.02 Å². The Morgan fingerprint density at radius 1 is 0.973 bits per heavy atom. The molecule has 1 fully saturated rings. The number of carbonyl (C=O) groups is 1. The van der Waals surface area contributed by atoms with Gasteiger partial charge >= 0.3 is 6.03 Å². The maximum Gasteiger partial charge on any atom is 0.323 e. The molecule has 0 atom stereocenters. The zero-order chi connectivity index (χ0) is 25.8. The van der Waals surface area contributed by atoms with Gasteiger partial charge in [0.1, 0.15) is 11.6 Å². The summed E-state index contributed by atoms with van der Waals surface area (Å²) in [5, 5.41) is 5.00. The lowest BCUT2D eigenvalue weighted by Crippen LogP contribution is -2.35. The second-order valence-electron chi connectivity index (χ2n) is 8.36. The third kappa shape index (κ3) is 6.29. The number of rotatable bonds is 6. The van der Waals surface area contributed by atoms with E-state index in [1.807, 2.05) is 0 Å². The van der Waals surface area contributed by atoms with Crippen molar-refractivity contribution in [3.05, 3.63) is 83.1 Å². The quantitative estimate of drug-likeness (QED) is 0.329. The van der Waals surface area contributed by atoms with Gasteiger partial charge in [0.2, 0.25) is 0 Å². The molecule has 11 heteroatoms. The van der Waals surface area contributed by atoms with Crippen LogP contribution in [-0.2, 0) is 11.3 Å².